The van der Waals surface area contributed by atoms with Crippen LogP contribution < -0.4 is 4.74 Å². The van der Waals surface area contributed by atoms with Crippen molar-refractivity contribution in [3.63, 3.8) is 0 Å². The Labute approximate surface area is 89.0 Å². The van der Waals surface area contributed by atoms with Crippen LogP contribution in [0, 0.1) is 0 Å². The van der Waals surface area contributed by atoms with E-state index in [1.165, 1.54) is 0 Å². The van der Waals surface area contributed by atoms with Crippen molar-refractivity contribution in [3.8, 4) is 5.75 Å². The second kappa shape index (κ2) is 5.20. The molecule has 1 aromatic carbocycles. The number of carbonyl (C=O) groups is 1. The maximum absolute atomic E-state index is 10.4. The predicted octanol–water partition coefficient (Wildman–Crippen LogP) is 2.57. The first kappa shape index (κ1) is 11.3. The summed E-state index contributed by atoms with van der Waals surface area (Å²) in [5.41, 5.74) is 1.92. The lowest BCUT2D eigenvalue weighted by atomic mass is 10.1. The fraction of sp³-hybridized carbons (Fsp3) is 0.250. The van der Waals surface area contributed by atoms with Gasteiger partial charge in [0.1, 0.15) is 5.75 Å². The van der Waals surface area contributed by atoms with E-state index >= 15 is 0 Å². The van der Waals surface area contributed by atoms with Crippen molar-refractivity contribution in [2.24, 2.45) is 0 Å². The molecule has 0 aliphatic carbocycles. The predicted molar refractivity (Wildman–Crippen MR) is 58.9 cm³/mol. The van der Waals surface area contributed by atoms with Gasteiger partial charge in [0.05, 0.1) is 13.5 Å². The zero-order valence-corrected chi connectivity index (χ0v) is 8.86. The van der Waals surface area contributed by atoms with E-state index in [9.17, 15) is 4.79 Å². The minimum atomic E-state index is -0.822. The number of rotatable bonds is 4. The van der Waals surface area contributed by atoms with Crippen molar-refractivity contribution in [2.45, 2.75) is 13.3 Å². The molecule has 0 saturated carbocycles. The highest BCUT2D eigenvalue weighted by Gasteiger charge is 1.99. The van der Waals surface area contributed by atoms with Gasteiger partial charge in [-0.25, -0.2) is 0 Å². The van der Waals surface area contributed by atoms with Gasteiger partial charge in [0.25, 0.3) is 0 Å². The fourth-order valence-electron chi connectivity index (χ4n) is 1.23. The SMILES string of the molecule is COc1cccc(/C(C)=C/CC(=O)O)c1. The summed E-state index contributed by atoms with van der Waals surface area (Å²) in [5.74, 6) is -0.0483. The number of hydrogen-bond donors (Lipinski definition) is 1. The van der Waals surface area contributed by atoms with Gasteiger partial charge in [-0.2, -0.15) is 0 Å². The topological polar surface area (TPSA) is 46.5 Å². The molecule has 1 N–H and O–H groups in total. The second-order valence-corrected chi connectivity index (χ2v) is 3.22. The first-order valence-corrected chi connectivity index (χ1v) is 4.66. The molecule has 0 saturated heterocycles. The average Bonchev–Trinajstić information content (AvgIpc) is 2.26. The monoisotopic (exact) mass is 206 g/mol. The Morgan fingerprint density at radius 1 is 1.53 bits per heavy atom. The lowest BCUT2D eigenvalue weighted by molar-refractivity contribution is -0.135. The summed E-state index contributed by atoms with van der Waals surface area (Å²) in [7, 11) is 1.61. The molecule has 0 heterocycles. The van der Waals surface area contributed by atoms with E-state index < -0.39 is 5.97 Å². The van der Waals surface area contributed by atoms with E-state index in [2.05, 4.69) is 0 Å². The standard InChI is InChI=1S/C12H14O3/c1-9(6-7-12(13)14)10-4-3-5-11(8-10)15-2/h3-6,8H,7H2,1-2H3,(H,13,14)/b9-6+. The molecule has 1 rings (SSSR count). The van der Waals surface area contributed by atoms with Crippen LogP contribution in [0.15, 0.2) is 30.3 Å². The summed E-state index contributed by atoms with van der Waals surface area (Å²) < 4.78 is 5.09. The molecule has 0 radical (unpaired) electrons. The Hall–Kier alpha value is -1.77. The first-order chi connectivity index (χ1) is 7.13. The van der Waals surface area contributed by atoms with Crippen LogP contribution in [0.5, 0.6) is 5.75 Å². The van der Waals surface area contributed by atoms with Gasteiger partial charge >= 0.3 is 5.97 Å². The molecule has 0 atom stereocenters. The van der Waals surface area contributed by atoms with Crippen LogP contribution in [0.4, 0.5) is 0 Å². The Bertz CT molecular complexity index is 380. The molecule has 0 fully saturated rings. The van der Waals surface area contributed by atoms with E-state index in [0.717, 1.165) is 16.9 Å². The van der Waals surface area contributed by atoms with Crippen LogP contribution in [0.3, 0.4) is 0 Å². The van der Waals surface area contributed by atoms with Crippen LogP contribution in [0.2, 0.25) is 0 Å². The number of hydrogen-bond acceptors (Lipinski definition) is 2. The number of methoxy groups -OCH3 is 1. The molecule has 0 spiro atoms. The summed E-state index contributed by atoms with van der Waals surface area (Å²) >= 11 is 0. The third kappa shape index (κ3) is 3.46. The zero-order chi connectivity index (χ0) is 11.3. The van der Waals surface area contributed by atoms with Crippen molar-refractivity contribution in [1.29, 1.82) is 0 Å². The van der Waals surface area contributed by atoms with E-state index in [4.69, 9.17) is 9.84 Å². The van der Waals surface area contributed by atoms with Gasteiger partial charge in [0.15, 0.2) is 0 Å². The largest absolute Gasteiger partial charge is 0.497 e. The minimum Gasteiger partial charge on any atom is -0.497 e. The maximum Gasteiger partial charge on any atom is 0.307 e. The first-order valence-electron chi connectivity index (χ1n) is 4.66. The van der Waals surface area contributed by atoms with Gasteiger partial charge in [-0.15, -0.1) is 0 Å². The van der Waals surface area contributed by atoms with Crippen LogP contribution in [-0.2, 0) is 4.79 Å². The number of carboxylic acids is 1. The van der Waals surface area contributed by atoms with E-state index in [-0.39, 0.29) is 6.42 Å². The Kier molecular flexibility index (Phi) is 3.92. The normalized spacial score (nSPS) is 11.2. The highest BCUT2D eigenvalue weighted by atomic mass is 16.5. The zero-order valence-electron chi connectivity index (χ0n) is 8.86. The molecule has 80 valence electrons. The van der Waals surface area contributed by atoms with Gasteiger partial charge in [-0.1, -0.05) is 18.2 Å². The molecule has 0 bridgehead atoms. The third-order valence-electron chi connectivity index (χ3n) is 2.11. The molecule has 0 amide bonds. The smallest absolute Gasteiger partial charge is 0.307 e. The Morgan fingerprint density at radius 3 is 2.87 bits per heavy atom. The number of ether oxygens (including phenoxy) is 1. The molecule has 0 aliphatic rings. The van der Waals surface area contributed by atoms with E-state index in [1.807, 2.05) is 31.2 Å². The summed E-state index contributed by atoms with van der Waals surface area (Å²) in [6.45, 7) is 1.89. The van der Waals surface area contributed by atoms with E-state index in [0.29, 0.717) is 0 Å². The second-order valence-electron chi connectivity index (χ2n) is 3.22. The highest BCUT2D eigenvalue weighted by molar-refractivity contribution is 5.73. The molecule has 3 nitrogen and oxygen atoms in total. The highest BCUT2D eigenvalue weighted by Crippen LogP contribution is 2.19. The third-order valence-corrected chi connectivity index (χ3v) is 2.11. The average molecular weight is 206 g/mol. The van der Waals surface area contributed by atoms with Gasteiger partial charge in [0.2, 0.25) is 0 Å². The minimum absolute atomic E-state index is 0.0447. The van der Waals surface area contributed by atoms with Crippen molar-refractivity contribution >= 4 is 11.5 Å². The molecular weight excluding hydrogens is 192 g/mol. The number of aliphatic carboxylic acids is 1. The van der Waals surface area contributed by atoms with Crippen LogP contribution in [-0.4, -0.2) is 18.2 Å². The van der Waals surface area contributed by atoms with Crippen molar-refractivity contribution in [2.75, 3.05) is 7.11 Å². The number of carboxylic acid groups (broad SMARTS) is 1. The quantitative estimate of drug-likeness (QED) is 0.823. The number of allylic oxidation sites excluding steroid dienone is 1. The summed E-state index contributed by atoms with van der Waals surface area (Å²) in [5, 5.41) is 8.54. The number of benzene rings is 1. The lowest BCUT2D eigenvalue weighted by Crippen LogP contribution is -1.91. The van der Waals surface area contributed by atoms with Crippen LogP contribution >= 0.6 is 0 Å². The van der Waals surface area contributed by atoms with Crippen molar-refractivity contribution in [1.82, 2.24) is 0 Å². The molecule has 0 unspecified atom stereocenters. The van der Waals surface area contributed by atoms with E-state index in [1.54, 1.807) is 13.2 Å². The molecule has 3 heteroatoms. The van der Waals surface area contributed by atoms with Crippen LogP contribution in [0.25, 0.3) is 5.57 Å². The fourth-order valence-corrected chi connectivity index (χ4v) is 1.23. The Balaban J connectivity index is 2.85. The lowest BCUT2D eigenvalue weighted by Gasteiger charge is -2.04. The van der Waals surface area contributed by atoms with Crippen molar-refractivity contribution in [3.05, 3.63) is 35.9 Å². The molecule has 0 aromatic heterocycles. The van der Waals surface area contributed by atoms with Gasteiger partial charge in [0, 0.05) is 0 Å². The van der Waals surface area contributed by atoms with Gasteiger partial charge in [-0.3, -0.25) is 4.79 Å². The molecular formula is C12H14O3. The maximum atomic E-state index is 10.4. The van der Waals surface area contributed by atoms with Gasteiger partial charge in [-0.05, 0) is 30.2 Å². The van der Waals surface area contributed by atoms with Gasteiger partial charge < -0.3 is 9.84 Å². The summed E-state index contributed by atoms with van der Waals surface area (Å²) in [4.78, 5) is 10.4. The van der Waals surface area contributed by atoms with Crippen molar-refractivity contribution < 1.29 is 14.6 Å². The van der Waals surface area contributed by atoms with Crippen LogP contribution in [0.1, 0.15) is 18.9 Å². The molecule has 15 heavy (non-hydrogen) atoms. The summed E-state index contributed by atoms with van der Waals surface area (Å²) in [6, 6.07) is 7.55. The Morgan fingerprint density at radius 2 is 2.27 bits per heavy atom. The molecule has 0 aliphatic heterocycles. The molecule has 1 aromatic rings. The summed E-state index contributed by atoms with van der Waals surface area (Å²) in [6.07, 6.45) is 1.74.